The van der Waals surface area contributed by atoms with Crippen molar-refractivity contribution in [2.24, 2.45) is 0 Å². The number of hydrogen-bond acceptors (Lipinski definition) is 1. The molecule has 0 radical (unpaired) electrons. The predicted octanol–water partition coefficient (Wildman–Crippen LogP) is 4.67. The lowest BCUT2D eigenvalue weighted by molar-refractivity contribution is -0.137. The summed E-state index contributed by atoms with van der Waals surface area (Å²) >= 11 is 0. The number of anilines is 1. The molecule has 1 N–H and O–H groups in total. The van der Waals surface area contributed by atoms with E-state index in [0.717, 1.165) is 36.9 Å². The topological polar surface area (TPSA) is 17.0 Å². The minimum absolute atomic E-state index is 0.144. The summed E-state index contributed by atoms with van der Waals surface area (Å²) in [5, 5.41) is 2.73. The number of rotatable bonds is 5. The molecule has 0 saturated carbocycles. The molecule has 6 heteroatoms. The van der Waals surface area contributed by atoms with E-state index in [-0.39, 0.29) is 12.2 Å². The van der Waals surface area contributed by atoms with E-state index in [1.807, 2.05) is 29.8 Å². The minimum atomic E-state index is -4.48. The smallest absolute Gasteiger partial charge is 0.377 e. The summed E-state index contributed by atoms with van der Waals surface area (Å²) in [7, 11) is 0. The van der Waals surface area contributed by atoms with Crippen molar-refractivity contribution < 1.29 is 17.6 Å². The lowest BCUT2D eigenvalue weighted by Crippen LogP contribution is -2.10. The van der Waals surface area contributed by atoms with Gasteiger partial charge in [-0.05, 0) is 36.8 Å². The van der Waals surface area contributed by atoms with Crippen LogP contribution in [-0.4, -0.2) is 4.57 Å². The van der Waals surface area contributed by atoms with Crippen molar-refractivity contribution in [2.45, 2.75) is 32.6 Å². The van der Waals surface area contributed by atoms with Crippen molar-refractivity contribution in [1.82, 2.24) is 4.57 Å². The van der Waals surface area contributed by atoms with Crippen molar-refractivity contribution in [3.63, 3.8) is 0 Å². The van der Waals surface area contributed by atoms with Gasteiger partial charge in [0.2, 0.25) is 0 Å². The fourth-order valence-electron chi connectivity index (χ4n) is 2.09. The average molecular weight is 300 g/mol. The van der Waals surface area contributed by atoms with E-state index >= 15 is 0 Å². The highest BCUT2D eigenvalue weighted by atomic mass is 19.4. The highest BCUT2D eigenvalue weighted by Crippen LogP contribution is 2.31. The molecule has 2 nitrogen and oxygen atoms in total. The third-order valence-corrected chi connectivity index (χ3v) is 3.14. The predicted molar refractivity (Wildman–Crippen MR) is 73.5 cm³/mol. The van der Waals surface area contributed by atoms with E-state index in [1.165, 1.54) is 0 Å². The Morgan fingerprint density at radius 1 is 1.19 bits per heavy atom. The van der Waals surface area contributed by atoms with Gasteiger partial charge in [-0.3, -0.25) is 0 Å². The molecule has 0 atom stereocenters. The van der Waals surface area contributed by atoms with Crippen molar-refractivity contribution in [3.05, 3.63) is 53.6 Å². The first-order chi connectivity index (χ1) is 9.91. The molecule has 0 saturated heterocycles. The standard InChI is InChI=1S/C15H16F4N2/c1-2-7-21-8-3-4-12(21)10-20-14-9-11(15(17,18)19)5-6-13(14)16/h3-6,8-9,20H,2,7,10H2,1H3. The quantitative estimate of drug-likeness (QED) is 0.794. The second-order valence-electron chi connectivity index (χ2n) is 4.74. The van der Waals surface area contributed by atoms with Gasteiger partial charge >= 0.3 is 6.18 Å². The third-order valence-electron chi connectivity index (χ3n) is 3.14. The molecule has 1 heterocycles. The van der Waals surface area contributed by atoms with Crippen molar-refractivity contribution >= 4 is 5.69 Å². The molecule has 0 bridgehead atoms. The molecule has 21 heavy (non-hydrogen) atoms. The van der Waals surface area contributed by atoms with Gasteiger partial charge in [0.1, 0.15) is 5.82 Å². The lowest BCUT2D eigenvalue weighted by Gasteiger charge is -2.13. The lowest BCUT2D eigenvalue weighted by atomic mass is 10.2. The molecule has 0 aliphatic rings. The van der Waals surface area contributed by atoms with Gasteiger partial charge < -0.3 is 9.88 Å². The summed E-state index contributed by atoms with van der Waals surface area (Å²) in [6.07, 6.45) is -1.64. The largest absolute Gasteiger partial charge is 0.416 e. The SMILES string of the molecule is CCCn1cccc1CNc1cc(C(F)(F)F)ccc1F. The zero-order valence-corrected chi connectivity index (χ0v) is 11.5. The van der Waals surface area contributed by atoms with E-state index in [4.69, 9.17) is 0 Å². The first kappa shape index (κ1) is 15.4. The monoisotopic (exact) mass is 300 g/mol. The molecule has 2 rings (SSSR count). The highest BCUT2D eigenvalue weighted by molar-refractivity contribution is 5.48. The van der Waals surface area contributed by atoms with Gasteiger partial charge in [-0.1, -0.05) is 6.92 Å². The number of aromatic nitrogens is 1. The summed E-state index contributed by atoms with van der Waals surface area (Å²) in [6, 6.07) is 6.07. The summed E-state index contributed by atoms with van der Waals surface area (Å²) in [5.41, 5.74) is -0.113. The van der Waals surface area contributed by atoms with Crippen molar-refractivity contribution in [1.29, 1.82) is 0 Å². The van der Waals surface area contributed by atoms with Gasteiger partial charge in [-0.2, -0.15) is 13.2 Å². The van der Waals surface area contributed by atoms with Crippen LogP contribution in [0.3, 0.4) is 0 Å². The van der Waals surface area contributed by atoms with Crippen LogP contribution >= 0.6 is 0 Å². The number of nitrogens with one attached hydrogen (secondary N) is 1. The van der Waals surface area contributed by atoms with Crippen LogP contribution < -0.4 is 5.32 Å². The van der Waals surface area contributed by atoms with Crippen LogP contribution in [0.2, 0.25) is 0 Å². The van der Waals surface area contributed by atoms with Gasteiger partial charge in [0.15, 0.2) is 0 Å². The second kappa shape index (κ2) is 6.20. The maximum atomic E-state index is 13.6. The number of aryl methyl sites for hydroxylation is 1. The van der Waals surface area contributed by atoms with E-state index in [0.29, 0.717) is 0 Å². The third kappa shape index (κ3) is 3.77. The van der Waals surface area contributed by atoms with Gasteiger partial charge in [0.05, 0.1) is 17.8 Å². The van der Waals surface area contributed by atoms with Gasteiger partial charge in [-0.25, -0.2) is 4.39 Å². The molecule has 0 aliphatic carbocycles. The first-order valence-corrected chi connectivity index (χ1v) is 6.66. The Morgan fingerprint density at radius 3 is 2.62 bits per heavy atom. The fraction of sp³-hybridized carbons (Fsp3) is 0.333. The Hall–Kier alpha value is -1.98. The Morgan fingerprint density at radius 2 is 1.95 bits per heavy atom. The molecule has 0 aliphatic heterocycles. The number of benzene rings is 1. The van der Waals surface area contributed by atoms with Crippen LogP contribution in [0.5, 0.6) is 0 Å². The molecular weight excluding hydrogens is 284 g/mol. The Bertz CT molecular complexity index is 602. The highest BCUT2D eigenvalue weighted by Gasteiger charge is 2.31. The molecule has 0 spiro atoms. The van der Waals surface area contributed by atoms with Crippen LogP contribution in [0, 0.1) is 5.82 Å². The number of alkyl halides is 3. The zero-order valence-electron chi connectivity index (χ0n) is 11.5. The Kier molecular flexibility index (Phi) is 4.55. The maximum absolute atomic E-state index is 13.6. The molecular formula is C15H16F4N2. The molecule has 114 valence electrons. The summed E-state index contributed by atoms with van der Waals surface area (Å²) in [4.78, 5) is 0. The molecule has 2 aromatic rings. The molecule has 0 unspecified atom stereocenters. The van der Waals surface area contributed by atoms with Crippen LogP contribution in [0.1, 0.15) is 24.6 Å². The minimum Gasteiger partial charge on any atom is -0.377 e. The summed E-state index contributed by atoms with van der Waals surface area (Å²) in [6.45, 7) is 3.12. The fourth-order valence-corrected chi connectivity index (χ4v) is 2.09. The molecule has 1 aromatic heterocycles. The summed E-state index contributed by atoms with van der Waals surface area (Å²) < 4.78 is 53.5. The first-order valence-electron chi connectivity index (χ1n) is 6.66. The van der Waals surface area contributed by atoms with Crippen LogP contribution in [0.25, 0.3) is 0 Å². The van der Waals surface area contributed by atoms with Crippen LogP contribution in [0.4, 0.5) is 23.2 Å². The van der Waals surface area contributed by atoms with Crippen molar-refractivity contribution in [2.75, 3.05) is 5.32 Å². The molecule has 1 aromatic carbocycles. The van der Waals surface area contributed by atoms with Crippen LogP contribution in [0.15, 0.2) is 36.5 Å². The summed E-state index contributed by atoms with van der Waals surface area (Å²) in [5.74, 6) is -0.698. The normalized spacial score (nSPS) is 11.7. The van der Waals surface area contributed by atoms with Gasteiger partial charge in [-0.15, -0.1) is 0 Å². The second-order valence-corrected chi connectivity index (χ2v) is 4.74. The zero-order chi connectivity index (χ0) is 15.5. The van der Waals surface area contributed by atoms with E-state index in [1.54, 1.807) is 0 Å². The van der Waals surface area contributed by atoms with Gasteiger partial charge in [0, 0.05) is 18.4 Å². The van der Waals surface area contributed by atoms with E-state index < -0.39 is 17.6 Å². The number of nitrogens with zero attached hydrogens (tertiary/aromatic N) is 1. The van der Waals surface area contributed by atoms with E-state index in [9.17, 15) is 17.6 Å². The van der Waals surface area contributed by atoms with Gasteiger partial charge in [0.25, 0.3) is 0 Å². The van der Waals surface area contributed by atoms with Crippen molar-refractivity contribution in [3.8, 4) is 0 Å². The number of hydrogen-bond donors (Lipinski definition) is 1. The van der Waals surface area contributed by atoms with E-state index in [2.05, 4.69) is 5.32 Å². The maximum Gasteiger partial charge on any atom is 0.416 e. The Labute approximate surface area is 120 Å². The molecule has 0 amide bonds. The van der Waals surface area contributed by atoms with Crippen LogP contribution in [-0.2, 0) is 19.3 Å². The molecule has 0 fully saturated rings. The average Bonchev–Trinajstić information content (AvgIpc) is 2.84. The Balaban J connectivity index is 2.14. The number of halogens is 4.